The molecule has 1 fully saturated rings. The van der Waals surface area contributed by atoms with Gasteiger partial charge in [-0.2, -0.15) is 0 Å². The predicted octanol–water partition coefficient (Wildman–Crippen LogP) is 2.57. The van der Waals surface area contributed by atoms with Gasteiger partial charge in [0, 0.05) is 18.6 Å². The van der Waals surface area contributed by atoms with Crippen molar-refractivity contribution in [2.75, 3.05) is 20.1 Å². The van der Waals surface area contributed by atoms with Crippen LogP contribution in [0.5, 0.6) is 0 Å². The summed E-state index contributed by atoms with van der Waals surface area (Å²) in [5.74, 6) is 0.624. The van der Waals surface area contributed by atoms with Gasteiger partial charge in [-0.1, -0.05) is 26.2 Å². The van der Waals surface area contributed by atoms with Crippen molar-refractivity contribution >= 4 is 29.9 Å². The number of hydrogen-bond donors (Lipinski definition) is 2. The highest BCUT2D eigenvalue weighted by Crippen LogP contribution is 2.16. The van der Waals surface area contributed by atoms with Gasteiger partial charge in [0.05, 0.1) is 6.54 Å². The van der Waals surface area contributed by atoms with Gasteiger partial charge in [0.2, 0.25) is 0 Å². The Hall–Kier alpha value is -0.0400. The van der Waals surface area contributed by atoms with E-state index >= 15 is 0 Å². The van der Waals surface area contributed by atoms with Gasteiger partial charge in [0.1, 0.15) is 0 Å². The molecular weight excluding hydrogens is 351 g/mol. The molecule has 0 saturated heterocycles. The summed E-state index contributed by atoms with van der Waals surface area (Å²) in [6.45, 7) is 6.21. The Labute approximate surface area is 135 Å². The van der Waals surface area contributed by atoms with Crippen molar-refractivity contribution in [1.82, 2.24) is 10.2 Å². The third-order valence-electron chi connectivity index (χ3n) is 4.04. The van der Waals surface area contributed by atoms with Crippen LogP contribution in [-0.2, 0) is 0 Å². The van der Waals surface area contributed by atoms with Crippen molar-refractivity contribution in [1.29, 1.82) is 0 Å². The number of nitrogens with zero attached hydrogens (tertiary/aromatic N) is 2. The lowest BCUT2D eigenvalue weighted by molar-refractivity contribution is 0.259. The van der Waals surface area contributed by atoms with E-state index in [0.29, 0.717) is 18.0 Å². The average molecular weight is 382 g/mol. The molecule has 0 spiro atoms. The summed E-state index contributed by atoms with van der Waals surface area (Å²) in [5, 5.41) is 3.35. The molecular formula is C14H31IN4. The first-order valence-electron chi connectivity index (χ1n) is 7.40. The number of guanidine groups is 1. The number of nitrogens with two attached hydrogens (primary N) is 1. The highest BCUT2D eigenvalue weighted by atomic mass is 127. The number of aliphatic imine (C=N–C) groups is 1. The van der Waals surface area contributed by atoms with E-state index in [1.807, 2.05) is 0 Å². The molecule has 0 aromatic carbocycles. The van der Waals surface area contributed by atoms with Gasteiger partial charge in [0.15, 0.2) is 5.96 Å². The molecule has 1 atom stereocenters. The van der Waals surface area contributed by atoms with Gasteiger partial charge < -0.3 is 16.0 Å². The smallest absolute Gasteiger partial charge is 0.188 e. The maximum absolute atomic E-state index is 5.92. The van der Waals surface area contributed by atoms with E-state index in [1.165, 1.54) is 38.5 Å². The van der Waals surface area contributed by atoms with Crippen LogP contribution in [0.3, 0.4) is 0 Å². The number of hydrogen-bond acceptors (Lipinski definition) is 2. The third kappa shape index (κ3) is 7.97. The molecule has 0 radical (unpaired) electrons. The lowest BCUT2D eigenvalue weighted by Gasteiger charge is -2.24. The van der Waals surface area contributed by atoms with Crippen LogP contribution in [0.15, 0.2) is 4.99 Å². The molecule has 19 heavy (non-hydrogen) atoms. The maximum atomic E-state index is 5.92. The summed E-state index contributed by atoms with van der Waals surface area (Å²) in [4.78, 5) is 6.75. The average Bonchev–Trinajstić information content (AvgIpc) is 2.38. The minimum atomic E-state index is 0. The van der Waals surface area contributed by atoms with Gasteiger partial charge in [0.25, 0.3) is 0 Å². The first kappa shape index (κ1) is 19.0. The normalized spacial score (nSPS) is 19.1. The fraction of sp³-hybridized carbons (Fsp3) is 0.929. The van der Waals surface area contributed by atoms with Crippen LogP contribution in [0.25, 0.3) is 0 Å². The van der Waals surface area contributed by atoms with E-state index < -0.39 is 0 Å². The molecule has 0 bridgehead atoms. The number of likely N-dealkylation sites (N-methyl/N-ethyl adjacent to an activating group) is 1. The minimum Gasteiger partial charge on any atom is -0.370 e. The summed E-state index contributed by atoms with van der Waals surface area (Å²) in [7, 11) is 2.15. The van der Waals surface area contributed by atoms with Crippen molar-refractivity contribution in [3.8, 4) is 0 Å². The summed E-state index contributed by atoms with van der Waals surface area (Å²) in [5.41, 5.74) is 5.92. The third-order valence-corrected chi connectivity index (χ3v) is 4.04. The molecule has 0 heterocycles. The van der Waals surface area contributed by atoms with Gasteiger partial charge in [-0.05, 0) is 33.2 Å². The SMILES string of the molecule is CCC(C)N(C)CCN=C(N)NC1CCCCC1.I. The minimum absolute atomic E-state index is 0. The van der Waals surface area contributed by atoms with Crippen LogP contribution in [0.2, 0.25) is 0 Å². The largest absolute Gasteiger partial charge is 0.370 e. The van der Waals surface area contributed by atoms with Crippen LogP contribution in [0, 0.1) is 0 Å². The van der Waals surface area contributed by atoms with Crippen LogP contribution in [0.4, 0.5) is 0 Å². The van der Waals surface area contributed by atoms with E-state index in [4.69, 9.17) is 5.73 Å². The van der Waals surface area contributed by atoms with E-state index in [1.54, 1.807) is 0 Å². The molecule has 0 aliphatic heterocycles. The summed E-state index contributed by atoms with van der Waals surface area (Å²) < 4.78 is 0. The Bertz CT molecular complexity index is 252. The van der Waals surface area contributed by atoms with Crippen LogP contribution >= 0.6 is 24.0 Å². The topological polar surface area (TPSA) is 53.6 Å². The highest BCUT2D eigenvalue weighted by Gasteiger charge is 2.13. The van der Waals surface area contributed by atoms with Crippen LogP contribution < -0.4 is 11.1 Å². The van der Waals surface area contributed by atoms with E-state index in [2.05, 4.69) is 36.1 Å². The fourth-order valence-electron chi connectivity index (χ4n) is 2.36. The van der Waals surface area contributed by atoms with E-state index in [0.717, 1.165) is 13.1 Å². The monoisotopic (exact) mass is 382 g/mol. The van der Waals surface area contributed by atoms with E-state index in [-0.39, 0.29) is 24.0 Å². The lowest BCUT2D eigenvalue weighted by atomic mass is 9.96. The molecule has 5 heteroatoms. The second-order valence-corrected chi connectivity index (χ2v) is 5.48. The molecule has 3 N–H and O–H groups in total. The first-order chi connectivity index (χ1) is 8.63. The molecule has 1 aliphatic rings. The zero-order valence-electron chi connectivity index (χ0n) is 12.7. The quantitative estimate of drug-likeness (QED) is 0.422. The molecule has 114 valence electrons. The zero-order chi connectivity index (χ0) is 13.4. The summed E-state index contributed by atoms with van der Waals surface area (Å²) in [6, 6.07) is 1.17. The van der Waals surface area contributed by atoms with Crippen molar-refractivity contribution < 1.29 is 0 Å². The van der Waals surface area contributed by atoms with Gasteiger partial charge in [-0.3, -0.25) is 4.99 Å². The second-order valence-electron chi connectivity index (χ2n) is 5.48. The summed E-state index contributed by atoms with van der Waals surface area (Å²) in [6.07, 6.45) is 7.67. The number of nitrogens with one attached hydrogen (secondary N) is 1. The van der Waals surface area contributed by atoms with Crippen LogP contribution in [-0.4, -0.2) is 43.1 Å². The van der Waals surface area contributed by atoms with Crippen molar-refractivity contribution in [2.24, 2.45) is 10.7 Å². The lowest BCUT2D eigenvalue weighted by Crippen LogP contribution is -2.41. The van der Waals surface area contributed by atoms with E-state index in [9.17, 15) is 0 Å². The molecule has 1 rings (SSSR count). The second kappa shape index (κ2) is 10.7. The summed E-state index contributed by atoms with van der Waals surface area (Å²) >= 11 is 0. The van der Waals surface area contributed by atoms with Gasteiger partial charge >= 0.3 is 0 Å². The van der Waals surface area contributed by atoms with Crippen molar-refractivity contribution in [3.05, 3.63) is 0 Å². The zero-order valence-corrected chi connectivity index (χ0v) is 15.0. The molecule has 0 amide bonds. The number of halogens is 1. The Kier molecular flexibility index (Phi) is 10.7. The number of rotatable bonds is 6. The Morgan fingerprint density at radius 2 is 2.00 bits per heavy atom. The highest BCUT2D eigenvalue weighted by molar-refractivity contribution is 14.0. The van der Waals surface area contributed by atoms with Crippen LogP contribution in [0.1, 0.15) is 52.4 Å². The standard InChI is InChI=1S/C14H30N4.HI/c1-4-12(2)18(3)11-10-16-14(15)17-13-8-6-5-7-9-13;/h12-13H,4-11H2,1-3H3,(H3,15,16,17);1H. The van der Waals surface area contributed by atoms with Gasteiger partial charge in [-0.15, -0.1) is 24.0 Å². The molecule has 4 nitrogen and oxygen atoms in total. The Balaban J connectivity index is 0.00000324. The van der Waals surface area contributed by atoms with Crippen molar-refractivity contribution in [2.45, 2.75) is 64.5 Å². The maximum Gasteiger partial charge on any atom is 0.188 e. The Morgan fingerprint density at radius 1 is 1.37 bits per heavy atom. The molecule has 0 aromatic heterocycles. The first-order valence-corrected chi connectivity index (χ1v) is 7.40. The molecule has 1 saturated carbocycles. The molecule has 1 unspecified atom stereocenters. The Morgan fingerprint density at radius 3 is 2.58 bits per heavy atom. The predicted molar refractivity (Wildman–Crippen MR) is 94.3 cm³/mol. The van der Waals surface area contributed by atoms with Gasteiger partial charge in [-0.25, -0.2) is 0 Å². The fourth-order valence-corrected chi connectivity index (χ4v) is 2.36. The molecule has 0 aromatic rings. The molecule has 1 aliphatic carbocycles. The van der Waals surface area contributed by atoms with Crippen molar-refractivity contribution in [3.63, 3.8) is 0 Å².